The first-order valence-electron chi connectivity index (χ1n) is 11.5. The van der Waals surface area contributed by atoms with Gasteiger partial charge in [0.15, 0.2) is 0 Å². The van der Waals surface area contributed by atoms with Crippen molar-refractivity contribution in [3.63, 3.8) is 0 Å². The van der Waals surface area contributed by atoms with E-state index in [1.54, 1.807) is 0 Å². The number of hydrogen-bond acceptors (Lipinski definition) is 2. The van der Waals surface area contributed by atoms with Gasteiger partial charge in [0.2, 0.25) is 0 Å². The molecule has 0 aliphatic rings. The molecule has 0 bridgehead atoms. The highest BCUT2D eigenvalue weighted by molar-refractivity contribution is 4.92. The zero-order valence-electron chi connectivity index (χ0n) is 19.3. The lowest BCUT2D eigenvalue weighted by atomic mass is 9.89. The third kappa shape index (κ3) is 14.8. The van der Waals surface area contributed by atoms with Crippen LogP contribution in [0.5, 0.6) is 0 Å². The fourth-order valence-electron chi connectivity index (χ4n) is 3.51. The Kier molecular flexibility index (Phi) is 11.3. The van der Waals surface area contributed by atoms with E-state index in [-0.39, 0.29) is 0 Å². The van der Waals surface area contributed by atoms with Gasteiger partial charge in [-0.2, -0.15) is 0 Å². The fourth-order valence-corrected chi connectivity index (χ4v) is 3.51. The maximum absolute atomic E-state index is 4.35. The van der Waals surface area contributed by atoms with E-state index in [1.807, 2.05) is 4.68 Å². The van der Waals surface area contributed by atoms with E-state index in [0.29, 0.717) is 10.8 Å². The molecule has 0 aliphatic carbocycles. The third-order valence-corrected chi connectivity index (χ3v) is 5.26. The number of hydrogen-bond donors (Lipinski definition) is 0. The van der Waals surface area contributed by atoms with Crippen LogP contribution in [-0.2, 0) is 13.0 Å². The highest BCUT2D eigenvalue weighted by atomic mass is 15.4. The SMILES string of the molecule is CC(C)(C)CCCCCCCc1cn(CCCCCCCC(C)(C)C)nn1. The smallest absolute Gasteiger partial charge is 0.0827 e. The summed E-state index contributed by atoms with van der Waals surface area (Å²) in [5, 5.41) is 8.66. The maximum Gasteiger partial charge on any atom is 0.0827 e. The molecule has 3 nitrogen and oxygen atoms in total. The zero-order chi connectivity index (χ0) is 20.2. The molecule has 1 heterocycles. The molecule has 158 valence electrons. The van der Waals surface area contributed by atoms with Crippen LogP contribution in [0.3, 0.4) is 0 Å². The average Bonchev–Trinajstić information content (AvgIpc) is 2.99. The highest BCUT2D eigenvalue weighted by Crippen LogP contribution is 2.23. The summed E-state index contributed by atoms with van der Waals surface area (Å²) in [6.45, 7) is 15.0. The molecule has 0 spiro atoms. The van der Waals surface area contributed by atoms with Gasteiger partial charge in [0.1, 0.15) is 0 Å². The lowest BCUT2D eigenvalue weighted by Crippen LogP contribution is -2.04. The minimum atomic E-state index is 0.490. The van der Waals surface area contributed by atoms with E-state index in [9.17, 15) is 0 Å². The van der Waals surface area contributed by atoms with Crippen LogP contribution >= 0.6 is 0 Å². The molecule has 0 aromatic carbocycles. The Morgan fingerprint density at radius 2 is 1.15 bits per heavy atom. The molecule has 27 heavy (non-hydrogen) atoms. The third-order valence-electron chi connectivity index (χ3n) is 5.26. The Balaban J connectivity index is 1.99. The Bertz CT molecular complexity index is 434. The molecule has 0 radical (unpaired) electrons. The van der Waals surface area contributed by atoms with Crippen molar-refractivity contribution < 1.29 is 0 Å². The Labute approximate surface area is 169 Å². The number of aryl methyl sites for hydroxylation is 2. The summed E-state index contributed by atoms with van der Waals surface area (Å²) in [4.78, 5) is 0. The quantitative estimate of drug-likeness (QED) is 0.313. The summed E-state index contributed by atoms with van der Waals surface area (Å²) in [6.07, 6.45) is 19.3. The molecule has 0 atom stereocenters. The number of aromatic nitrogens is 3. The minimum Gasteiger partial charge on any atom is -0.252 e. The molecule has 0 saturated heterocycles. The summed E-state index contributed by atoms with van der Waals surface area (Å²) in [5.41, 5.74) is 2.16. The Morgan fingerprint density at radius 3 is 1.70 bits per heavy atom. The first-order chi connectivity index (χ1) is 12.7. The van der Waals surface area contributed by atoms with E-state index in [2.05, 4.69) is 58.1 Å². The van der Waals surface area contributed by atoms with Crippen LogP contribution in [0.1, 0.15) is 124 Å². The van der Waals surface area contributed by atoms with Gasteiger partial charge in [-0.05, 0) is 42.9 Å². The largest absolute Gasteiger partial charge is 0.252 e. The van der Waals surface area contributed by atoms with Crippen molar-refractivity contribution in [2.45, 2.75) is 132 Å². The second-order valence-corrected chi connectivity index (χ2v) is 10.9. The molecular formula is C24H47N3. The second kappa shape index (κ2) is 12.6. The van der Waals surface area contributed by atoms with Crippen molar-refractivity contribution >= 4 is 0 Å². The lowest BCUT2D eigenvalue weighted by Gasteiger charge is -2.17. The van der Waals surface area contributed by atoms with Crippen molar-refractivity contribution in [3.05, 3.63) is 11.9 Å². The summed E-state index contributed by atoms with van der Waals surface area (Å²) in [6, 6.07) is 0. The monoisotopic (exact) mass is 377 g/mol. The molecule has 3 heteroatoms. The highest BCUT2D eigenvalue weighted by Gasteiger charge is 2.09. The van der Waals surface area contributed by atoms with Crippen molar-refractivity contribution in [1.29, 1.82) is 0 Å². The van der Waals surface area contributed by atoms with Crippen LogP contribution in [-0.4, -0.2) is 15.0 Å². The molecule has 1 rings (SSSR count). The van der Waals surface area contributed by atoms with E-state index in [0.717, 1.165) is 13.0 Å². The molecule has 0 saturated carbocycles. The average molecular weight is 378 g/mol. The van der Waals surface area contributed by atoms with Crippen LogP contribution in [0.4, 0.5) is 0 Å². The summed E-state index contributed by atoms with van der Waals surface area (Å²) < 4.78 is 2.05. The van der Waals surface area contributed by atoms with Crippen LogP contribution < -0.4 is 0 Å². The Morgan fingerprint density at radius 1 is 0.667 bits per heavy atom. The number of unbranched alkanes of at least 4 members (excludes halogenated alkanes) is 8. The van der Waals surface area contributed by atoms with Crippen LogP contribution in [0.15, 0.2) is 6.20 Å². The molecule has 1 aromatic rings. The van der Waals surface area contributed by atoms with Crippen molar-refractivity contribution in [2.75, 3.05) is 0 Å². The van der Waals surface area contributed by atoms with Gasteiger partial charge in [-0.25, -0.2) is 0 Å². The summed E-state index contributed by atoms with van der Waals surface area (Å²) in [5.74, 6) is 0. The first-order valence-corrected chi connectivity index (χ1v) is 11.5. The molecule has 0 N–H and O–H groups in total. The topological polar surface area (TPSA) is 30.7 Å². The van der Waals surface area contributed by atoms with E-state index in [4.69, 9.17) is 0 Å². The predicted octanol–water partition coefficient (Wildman–Crippen LogP) is 7.59. The lowest BCUT2D eigenvalue weighted by molar-refractivity contribution is 0.356. The standard InChI is InChI=1S/C24H47N3/c1-23(2,3)18-14-10-7-9-13-17-22-21-27(26-25-22)20-16-12-8-11-15-19-24(4,5)6/h21H,7-20H2,1-6H3. The molecule has 0 fully saturated rings. The van der Waals surface area contributed by atoms with E-state index >= 15 is 0 Å². The van der Waals surface area contributed by atoms with Gasteiger partial charge >= 0.3 is 0 Å². The summed E-state index contributed by atoms with van der Waals surface area (Å²) >= 11 is 0. The van der Waals surface area contributed by atoms with E-state index in [1.165, 1.54) is 82.7 Å². The summed E-state index contributed by atoms with van der Waals surface area (Å²) in [7, 11) is 0. The van der Waals surface area contributed by atoms with Gasteiger partial charge in [-0.1, -0.05) is 98.1 Å². The van der Waals surface area contributed by atoms with Gasteiger partial charge in [0, 0.05) is 12.7 Å². The minimum absolute atomic E-state index is 0.490. The second-order valence-electron chi connectivity index (χ2n) is 10.9. The van der Waals surface area contributed by atoms with Gasteiger partial charge in [0.05, 0.1) is 5.69 Å². The van der Waals surface area contributed by atoms with Crippen molar-refractivity contribution in [1.82, 2.24) is 15.0 Å². The Hall–Kier alpha value is -0.860. The number of rotatable bonds is 14. The molecule has 0 amide bonds. The first kappa shape index (κ1) is 24.2. The van der Waals surface area contributed by atoms with Gasteiger partial charge < -0.3 is 0 Å². The zero-order valence-corrected chi connectivity index (χ0v) is 19.3. The van der Waals surface area contributed by atoms with Crippen molar-refractivity contribution in [3.8, 4) is 0 Å². The fraction of sp³-hybridized carbons (Fsp3) is 0.917. The van der Waals surface area contributed by atoms with Gasteiger partial charge in [-0.15, -0.1) is 5.10 Å². The normalized spacial score (nSPS) is 12.7. The molecular weight excluding hydrogens is 330 g/mol. The molecule has 0 unspecified atom stereocenters. The van der Waals surface area contributed by atoms with Crippen molar-refractivity contribution in [2.24, 2.45) is 10.8 Å². The number of nitrogens with zero attached hydrogens (tertiary/aromatic N) is 3. The molecule has 1 aromatic heterocycles. The maximum atomic E-state index is 4.35. The van der Waals surface area contributed by atoms with Crippen LogP contribution in [0.2, 0.25) is 0 Å². The molecule has 0 aliphatic heterocycles. The van der Waals surface area contributed by atoms with E-state index < -0.39 is 0 Å². The van der Waals surface area contributed by atoms with Crippen LogP contribution in [0, 0.1) is 10.8 Å². The predicted molar refractivity (Wildman–Crippen MR) is 118 cm³/mol. The van der Waals surface area contributed by atoms with Gasteiger partial charge in [-0.3, -0.25) is 4.68 Å². The van der Waals surface area contributed by atoms with Gasteiger partial charge in [0.25, 0.3) is 0 Å². The van der Waals surface area contributed by atoms with Crippen LogP contribution in [0.25, 0.3) is 0 Å².